The van der Waals surface area contributed by atoms with Crippen molar-refractivity contribution >= 4 is 11.9 Å². The number of ether oxygens (including phenoxy) is 2. The zero-order valence-electron chi connectivity index (χ0n) is 9.17. The predicted octanol–water partition coefficient (Wildman–Crippen LogP) is 0.572. The fourth-order valence-corrected chi connectivity index (χ4v) is 1.52. The van der Waals surface area contributed by atoms with Crippen molar-refractivity contribution in [3.8, 4) is 11.5 Å². The SMILES string of the molecule is CN(CC(=O)O)C(=O)c1ccc2c(c1)OCO2. The maximum absolute atomic E-state index is 11.8. The Hall–Kier alpha value is -2.24. The molecule has 1 amide bonds. The number of hydrogen-bond donors (Lipinski definition) is 1. The molecule has 6 nitrogen and oxygen atoms in total. The third-order valence-electron chi connectivity index (χ3n) is 2.34. The molecule has 0 saturated heterocycles. The molecule has 1 heterocycles. The number of aliphatic carboxylic acids is 1. The van der Waals surface area contributed by atoms with E-state index in [1.807, 2.05) is 0 Å². The van der Waals surface area contributed by atoms with Crippen LogP contribution in [0.1, 0.15) is 10.4 Å². The molecule has 1 N–H and O–H groups in total. The van der Waals surface area contributed by atoms with Gasteiger partial charge in [0.15, 0.2) is 11.5 Å². The largest absolute Gasteiger partial charge is 0.480 e. The Morgan fingerprint density at radius 1 is 1.35 bits per heavy atom. The topological polar surface area (TPSA) is 76.1 Å². The number of nitrogens with zero attached hydrogens (tertiary/aromatic N) is 1. The van der Waals surface area contributed by atoms with Gasteiger partial charge in [0.05, 0.1) is 0 Å². The zero-order valence-corrected chi connectivity index (χ0v) is 9.17. The van der Waals surface area contributed by atoms with Gasteiger partial charge in [-0.05, 0) is 18.2 Å². The average Bonchev–Trinajstić information content (AvgIpc) is 2.73. The van der Waals surface area contributed by atoms with Crippen molar-refractivity contribution in [2.24, 2.45) is 0 Å². The third-order valence-corrected chi connectivity index (χ3v) is 2.34. The van der Waals surface area contributed by atoms with E-state index in [9.17, 15) is 9.59 Å². The molecule has 0 bridgehead atoms. The molecule has 1 aromatic carbocycles. The monoisotopic (exact) mass is 237 g/mol. The second-order valence-corrected chi connectivity index (χ2v) is 3.62. The van der Waals surface area contributed by atoms with E-state index in [1.165, 1.54) is 7.05 Å². The smallest absolute Gasteiger partial charge is 0.323 e. The molecule has 17 heavy (non-hydrogen) atoms. The molecule has 6 heteroatoms. The Balaban J connectivity index is 2.17. The Labute approximate surface area is 97.4 Å². The van der Waals surface area contributed by atoms with Crippen molar-refractivity contribution in [3.63, 3.8) is 0 Å². The highest BCUT2D eigenvalue weighted by atomic mass is 16.7. The number of carboxylic acid groups (broad SMARTS) is 1. The fraction of sp³-hybridized carbons (Fsp3) is 0.273. The number of hydrogen-bond acceptors (Lipinski definition) is 4. The fourth-order valence-electron chi connectivity index (χ4n) is 1.52. The molecule has 0 spiro atoms. The lowest BCUT2D eigenvalue weighted by Gasteiger charge is -2.14. The van der Waals surface area contributed by atoms with Gasteiger partial charge in [-0.15, -0.1) is 0 Å². The van der Waals surface area contributed by atoms with Crippen LogP contribution in [-0.2, 0) is 4.79 Å². The highest BCUT2D eigenvalue weighted by molar-refractivity contribution is 5.96. The van der Waals surface area contributed by atoms with Crippen molar-refractivity contribution in [3.05, 3.63) is 23.8 Å². The molecule has 1 aliphatic rings. The number of rotatable bonds is 3. The normalized spacial score (nSPS) is 12.3. The molecule has 90 valence electrons. The van der Waals surface area contributed by atoms with Crippen LogP contribution in [0.25, 0.3) is 0 Å². The van der Waals surface area contributed by atoms with Gasteiger partial charge in [-0.25, -0.2) is 0 Å². The Morgan fingerprint density at radius 3 is 2.76 bits per heavy atom. The van der Waals surface area contributed by atoms with Crippen molar-refractivity contribution in [1.29, 1.82) is 0 Å². The van der Waals surface area contributed by atoms with Crippen LogP contribution >= 0.6 is 0 Å². The molecule has 0 fully saturated rings. The number of benzene rings is 1. The van der Waals surface area contributed by atoms with E-state index in [4.69, 9.17) is 14.6 Å². The number of likely N-dealkylation sites (N-methyl/N-ethyl adjacent to an activating group) is 1. The molecule has 2 rings (SSSR count). The number of carbonyl (C=O) groups is 2. The van der Waals surface area contributed by atoms with Crippen molar-refractivity contribution < 1.29 is 24.2 Å². The highest BCUT2D eigenvalue weighted by Gasteiger charge is 2.19. The lowest BCUT2D eigenvalue weighted by atomic mass is 10.2. The van der Waals surface area contributed by atoms with Crippen LogP contribution in [0, 0.1) is 0 Å². The first-order valence-electron chi connectivity index (χ1n) is 4.95. The van der Waals surface area contributed by atoms with Gasteiger partial charge in [0.1, 0.15) is 6.54 Å². The average molecular weight is 237 g/mol. The van der Waals surface area contributed by atoms with E-state index < -0.39 is 5.97 Å². The summed E-state index contributed by atoms with van der Waals surface area (Å²) in [6, 6.07) is 4.75. The third kappa shape index (κ3) is 2.30. The van der Waals surface area contributed by atoms with E-state index in [2.05, 4.69) is 0 Å². The Morgan fingerprint density at radius 2 is 2.06 bits per heavy atom. The summed E-state index contributed by atoms with van der Waals surface area (Å²) >= 11 is 0. The molecule has 0 saturated carbocycles. The molecule has 1 aromatic rings. The van der Waals surface area contributed by atoms with Crippen LogP contribution in [0.15, 0.2) is 18.2 Å². The molecule has 0 aliphatic carbocycles. The van der Waals surface area contributed by atoms with Gasteiger partial charge in [-0.1, -0.05) is 0 Å². The Kier molecular flexibility index (Phi) is 2.86. The van der Waals surface area contributed by atoms with Crippen molar-refractivity contribution in [1.82, 2.24) is 4.90 Å². The maximum atomic E-state index is 11.8. The summed E-state index contributed by atoms with van der Waals surface area (Å²) in [7, 11) is 1.43. The number of fused-ring (bicyclic) bond motifs is 1. The van der Waals surface area contributed by atoms with Gasteiger partial charge in [0.2, 0.25) is 6.79 Å². The van der Waals surface area contributed by atoms with Crippen LogP contribution in [-0.4, -0.2) is 42.3 Å². The van der Waals surface area contributed by atoms with Crippen LogP contribution < -0.4 is 9.47 Å². The summed E-state index contributed by atoms with van der Waals surface area (Å²) in [5.41, 5.74) is 0.373. The summed E-state index contributed by atoms with van der Waals surface area (Å²) in [5, 5.41) is 8.60. The van der Waals surface area contributed by atoms with Crippen molar-refractivity contribution in [2.75, 3.05) is 20.4 Å². The molecule has 0 aromatic heterocycles. The minimum atomic E-state index is -1.05. The van der Waals surface area contributed by atoms with Crippen LogP contribution in [0.3, 0.4) is 0 Å². The molecule has 0 unspecified atom stereocenters. The second kappa shape index (κ2) is 4.32. The van der Waals surface area contributed by atoms with Gasteiger partial charge < -0.3 is 19.5 Å². The molecule has 1 aliphatic heterocycles. The van der Waals surface area contributed by atoms with E-state index in [0.717, 1.165) is 4.90 Å². The molecule has 0 atom stereocenters. The minimum Gasteiger partial charge on any atom is -0.480 e. The molecular weight excluding hydrogens is 226 g/mol. The van der Waals surface area contributed by atoms with E-state index in [1.54, 1.807) is 18.2 Å². The van der Waals surface area contributed by atoms with Gasteiger partial charge >= 0.3 is 5.97 Å². The number of carbonyl (C=O) groups excluding carboxylic acids is 1. The van der Waals surface area contributed by atoms with E-state index in [0.29, 0.717) is 17.1 Å². The van der Waals surface area contributed by atoms with E-state index >= 15 is 0 Å². The summed E-state index contributed by atoms with van der Waals surface area (Å²) in [5.74, 6) is -0.339. The van der Waals surface area contributed by atoms with Crippen LogP contribution in [0.4, 0.5) is 0 Å². The van der Waals surface area contributed by atoms with Crippen molar-refractivity contribution in [2.45, 2.75) is 0 Å². The Bertz CT molecular complexity index is 471. The summed E-state index contributed by atoms with van der Waals surface area (Å²) in [6.45, 7) is -0.203. The molecular formula is C11H11NO5. The molecule has 0 radical (unpaired) electrons. The second-order valence-electron chi connectivity index (χ2n) is 3.62. The maximum Gasteiger partial charge on any atom is 0.323 e. The lowest BCUT2D eigenvalue weighted by Crippen LogP contribution is -2.31. The summed E-state index contributed by atoms with van der Waals surface area (Å²) < 4.78 is 10.3. The first kappa shape index (κ1) is 11.3. The zero-order chi connectivity index (χ0) is 12.4. The van der Waals surface area contributed by atoms with Crippen LogP contribution in [0.5, 0.6) is 11.5 Å². The summed E-state index contributed by atoms with van der Waals surface area (Å²) in [4.78, 5) is 23.5. The standard InChI is InChI=1S/C11H11NO5/c1-12(5-10(13)14)11(15)7-2-3-8-9(4-7)17-6-16-8/h2-4H,5-6H2,1H3,(H,13,14). The van der Waals surface area contributed by atoms with Gasteiger partial charge in [0, 0.05) is 12.6 Å². The van der Waals surface area contributed by atoms with Crippen LogP contribution in [0.2, 0.25) is 0 Å². The first-order chi connectivity index (χ1) is 8.08. The van der Waals surface area contributed by atoms with Gasteiger partial charge in [-0.2, -0.15) is 0 Å². The first-order valence-corrected chi connectivity index (χ1v) is 4.95. The summed E-state index contributed by atoms with van der Waals surface area (Å²) in [6.07, 6.45) is 0. The predicted molar refractivity (Wildman–Crippen MR) is 57.2 cm³/mol. The van der Waals surface area contributed by atoms with Gasteiger partial charge in [-0.3, -0.25) is 9.59 Å². The lowest BCUT2D eigenvalue weighted by molar-refractivity contribution is -0.137. The number of amides is 1. The number of carboxylic acids is 1. The minimum absolute atomic E-state index is 0.137. The van der Waals surface area contributed by atoms with E-state index in [-0.39, 0.29) is 19.2 Å². The van der Waals surface area contributed by atoms with Gasteiger partial charge in [0.25, 0.3) is 5.91 Å². The quantitative estimate of drug-likeness (QED) is 0.831. The highest BCUT2D eigenvalue weighted by Crippen LogP contribution is 2.32.